The van der Waals surface area contributed by atoms with Gasteiger partial charge in [-0.15, -0.1) is 0 Å². The minimum absolute atomic E-state index is 0.145. The van der Waals surface area contributed by atoms with Crippen molar-refractivity contribution < 1.29 is 5.11 Å². The van der Waals surface area contributed by atoms with E-state index in [9.17, 15) is 5.11 Å². The van der Waals surface area contributed by atoms with E-state index >= 15 is 0 Å². The van der Waals surface area contributed by atoms with Crippen LogP contribution in [0.1, 0.15) is 31.4 Å². The number of aliphatic hydroxyl groups excluding tert-OH is 1. The number of hydrogen-bond acceptors (Lipinski definition) is 2. The van der Waals surface area contributed by atoms with Gasteiger partial charge in [0.2, 0.25) is 0 Å². The van der Waals surface area contributed by atoms with Crippen molar-refractivity contribution >= 4 is 0 Å². The Morgan fingerprint density at radius 3 is 2.71 bits per heavy atom. The molecular formula is C15H21NO. The van der Waals surface area contributed by atoms with Crippen LogP contribution in [0, 0.1) is 0 Å². The van der Waals surface area contributed by atoms with E-state index in [1.807, 2.05) is 18.2 Å². The molecule has 0 unspecified atom stereocenters. The van der Waals surface area contributed by atoms with Crippen LogP contribution in [0.4, 0.5) is 0 Å². The maximum atomic E-state index is 9.63. The molecule has 0 bridgehead atoms. The second-order valence-electron chi connectivity index (χ2n) is 4.58. The van der Waals surface area contributed by atoms with E-state index in [0.29, 0.717) is 0 Å². The third kappa shape index (κ3) is 2.96. The molecular weight excluding hydrogens is 210 g/mol. The molecule has 1 atom stereocenters. The third-order valence-electron chi connectivity index (χ3n) is 3.51. The maximum absolute atomic E-state index is 9.63. The summed E-state index contributed by atoms with van der Waals surface area (Å²) < 4.78 is 0. The number of hydrogen-bond donors (Lipinski definition) is 1. The molecule has 0 amide bonds. The van der Waals surface area contributed by atoms with Gasteiger partial charge in [-0.05, 0) is 18.4 Å². The van der Waals surface area contributed by atoms with Crippen molar-refractivity contribution in [1.82, 2.24) is 4.90 Å². The van der Waals surface area contributed by atoms with Crippen molar-refractivity contribution in [2.75, 3.05) is 19.7 Å². The second-order valence-corrected chi connectivity index (χ2v) is 4.58. The lowest BCUT2D eigenvalue weighted by Crippen LogP contribution is -2.35. The number of aliphatic hydroxyl groups is 1. The third-order valence-corrected chi connectivity index (χ3v) is 3.51. The highest BCUT2D eigenvalue weighted by atomic mass is 16.3. The molecule has 0 aliphatic carbocycles. The van der Waals surface area contributed by atoms with Crippen LogP contribution in [-0.4, -0.2) is 29.7 Å². The number of benzene rings is 1. The molecule has 0 radical (unpaired) electrons. The van der Waals surface area contributed by atoms with Crippen LogP contribution >= 0.6 is 0 Å². The lowest BCUT2D eigenvalue weighted by Gasteiger charge is -2.34. The summed E-state index contributed by atoms with van der Waals surface area (Å²) in [6, 6.07) is 10.4. The van der Waals surface area contributed by atoms with Crippen molar-refractivity contribution in [3.63, 3.8) is 0 Å². The largest absolute Gasteiger partial charge is 0.394 e. The highest BCUT2D eigenvalue weighted by Gasteiger charge is 2.21. The zero-order chi connectivity index (χ0) is 12.1. The van der Waals surface area contributed by atoms with Crippen molar-refractivity contribution in [3.8, 4) is 0 Å². The highest BCUT2D eigenvalue weighted by Crippen LogP contribution is 2.24. The molecule has 1 aromatic carbocycles. The first kappa shape index (κ1) is 12.3. The van der Waals surface area contributed by atoms with Gasteiger partial charge in [-0.2, -0.15) is 0 Å². The average Bonchev–Trinajstić information content (AvgIpc) is 2.41. The van der Waals surface area contributed by atoms with Crippen LogP contribution in [0.2, 0.25) is 0 Å². The smallest absolute Gasteiger partial charge is 0.0628 e. The van der Waals surface area contributed by atoms with Gasteiger partial charge >= 0.3 is 0 Å². The van der Waals surface area contributed by atoms with Crippen LogP contribution in [0.25, 0.3) is 0 Å². The maximum Gasteiger partial charge on any atom is 0.0628 e. The van der Waals surface area contributed by atoms with E-state index in [2.05, 4.69) is 30.0 Å². The van der Waals surface area contributed by atoms with Gasteiger partial charge in [0.1, 0.15) is 0 Å². The first-order valence-corrected chi connectivity index (χ1v) is 6.43. The summed E-state index contributed by atoms with van der Waals surface area (Å²) in [5.41, 5.74) is 2.71. The quantitative estimate of drug-likeness (QED) is 0.805. The fraction of sp³-hybridized carbons (Fsp3) is 0.467. The molecule has 1 aromatic rings. The molecule has 1 aliphatic rings. The average molecular weight is 231 g/mol. The SMILES string of the molecule is CCC1=CCCN([C@@H](CO)c2ccccc2)C1. The Balaban J connectivity index is 2.12. The molecule has 1 N–H and O–H groups in total. The molecule has 0 fully saturated rings. The molecule has 2 nitrogen and oxygen atoms in total. The van der Waals surface area contributed by atoms with Crippen molar-refractivity contribution in [2.24, 2.45) is 0 Å². The van der Waals surface area contributed by atoms with Crippen LogP contribution in [-0.2, 0) is 0 Å². The van der Waals surface area contributed by atoms with Gasteiger partial charge in [0.25, 0.3) is 0 Å². The standard InChI is InChI=1S/C15H21NO/c1-2-13-7-6-10-16(11-13)15(12-17)14-8-4-3-5-9-14/h3-5,7-9,15,17H,2,6,10-12H2,1H3/t15-/m0/s1. The van der Waals surface area contributed by atoms with E-state index in [1.54, 1.807) is 0 Å². The Morgan fingerprint density at radius 1 is 1.29 bits per heavy atom. The van der Waals surface area contributed by atoms with Gasteiger partial charge in [0, 0.05) is 13.1 Å². The summed E-state index contributed by atoms with van der Waals surface area (Å²) in [7, 11) is 0. The van der Waals surface area contributed by atoms with Crippen LogP contribution < -0.4 is 0 Å². The van der Waals surface area contributed by atoms with Gasteiger partial charge in [0.15, 0.2) is 0 Å². The predicted octanol–water partition coefficient (Wildman–Crippen LogP) is 2.76. The minimum atomic E-state index is 0.145. The van der Waals surface area contributed by atoms with Gasteiger partial charge in [-0.3, -0.25) is 4.90 Å². The zero-order valence-electron chi connectivity index (χ0n) is 10.5. The van der Waals surface area contributed by atoms with Gasteiger partial charge < -0.3 is 5.11 Å². The Labute approximate surface area is 104 Å². The van der Waals surface area contributed by atoms with Crippen molar-refractivity contribution in [2.45, 2.75) is 25.8 Å². The Morgan fingerprint density at radius 2 is 2.06 bits per heavy atom. The molecule has 0 saturated carbocycles. The number of rotatable bonds is 4. The molecule has 1 aliphatic heterocycles. The summed E-state index contributed by atoms with van der Waals surface area (Å²) in [6.45, 7) is 4.44. The predicted molar refractivity (Wildman–Crippen MR) is 70.8 cm³/mol. The van der Waals surface area contributed by atoms with E-state index in [0.717, 1.165) is 25.9 Å². The zero-order valence-corrected chi connectivity index (χ0v) is 10.5. The van der Waals surface area contributed by atoms with Crippen molar-refractivity contribution in [3.05, 3.63) is 47.5 Å². The van der Waals surface area contributed by atoms with Gasteiger partial charge in [0.05, 0.1) is 12.6 Å². The topological polar surface area (TPSA) is 23.5 Å². The first-order valence-electron chi connectivity index (χ1n) is 6.43. The normalized spacial score (nSPS) is 18.8. The summed E-state index contributed by atoms with van der Waals surface area (Å²) in [5.74, 6) is 0. The lowest BCUT2D eigenvalue weighted by atomic mass is 10.0. The summed E-state index contributed by atoms with van der Waals surface area (Å²) >= 11 is 0. The Hall–Kier alpha value is -1.12. The van der Waals surface area contributed by atoms with E-state index in [1.165, 1.54) is 11.1 Å². The highest BCUT2D eigenvalue weighted by molar-refractivity contribution is 5.20. The molecule has 17 heavy (non-hydrogen) atoms. The summed E-state index contributed by atoms with van der Waals surface area (Å²) in [6.07, 6.45) is 4.56. The van der Waals surface area contributed by atoms with E-state index in [4.69, 9.17) is 0 Å². The molecule has 2 heteroatoms. The Bertz CT molecular complexity index is 372. The minimum Gasteiger partial charge on any atom is -0.394 e. The van der Waals surface area contributed by atoms with Crippen LogP contribution in [0.5, 0.6) is 0 Å². The molecule has 1 heterocycles. The lowest BCUT2D eigenvalue weighted by molar-refractivity contribution is 0.128. The van der Waals surface area contributed by atoms with Gasteiger partial charge in [-0.25, -0.2) is 0 Å². The molecule has 2 rings (SSSR count). The molecule has 0 saturated heterocycles. The fourth-order valence-electron chi connectivity index (χ4n) is 2.47. The second kappa shape index (κ2) is 5.99. The van der Waals surface area contributed by atoms with Crippen LogP contribution in [0.3, 0.4) is 0 Å². The molecule has 92 valence electrons. The van der Waals surface area contributed by atoms with Crippen LogP contribution in [0.15, 0.2) is 42.0 Å². The molecule has 0 spiro atoms. The van der Waals surface area contributed by atoms with Crippen molar-refractivity contribution in [1.29, 1.82) is 0 Å². The van der Waals surface area contributed by atoms with Gasteiger partial charge in [-0.1, -0.05) is 48.9 Å². The van der Waals surface area contributed by atoms with E-state index < -0.39 is 0 Å². The first-order chi connectivity index (χ1) is 8.35. The molecule has 0 aromatic heterocycles. The van der Waals surface area contributed by atoms with E-state index in [-0.39, 0.29) is 12.6 Å². The monoisotopic (exact) mass is 231 g/mol. The summed E-state index contributed by atoms with van der Waals surface area (Å²) in [5, 5.41) is 9.63. The summed E-state index contributed by atoms with van der Waals surface area (Å²) in [4.78, 5) is 2.38. The number of nitrogens with zero attached hydrogens (tertiary/aromatic N) is 1. The Kier molecular flexibility index (Phi) is 4.35. The fourth-order valence-corrected chi connectivity index (χ4v) is 2.47.